The predicted molar refractivity (Wildman–Crippen MR) is 90.1 cm³/mol. The number of halogens is 1. The molecule has 2 aromatic carbocycles. The second-order valence-electron chi connectivity index (χ2n) is 5.13. The number of ether oxygens (including phenoxy) is 1. The molecule has 0 unspecified atom stereocenters. The third kappa shape index (κ3) is 4.67. The Balaban J connectivity index is 1.87. The number of benzene rings is 2. The van der Waals surface area contributed by atoms with Gasteiger partial charge < -0.3 is 10.1 Å². The molecule has 0 bridgehead atoms. The van der Waals surface area contributed by atoms with E-state index in [4.69, 9.17) is 16.3 Å². The lowest BCUT2D eigenvalue weighted by Crippen LogP contribution is -2.31. The first-order valence-electron chi connectivity index (χ1n) is 7.27. The summed E-state index contributed by atoms with van der Waals surface area (Å²) in [6.45, 7) is 1.39. The van der Waals surface area contributed by atoms with Crippen LogP contribution < -0.4 is 5.32 Å². The average Bonchev–Trinajstić information content (AvgIpc) is 2.60. The number of carbonyl (C=O) groups excluding carboxylic acids is 3. The van der Waals surface area contributed by atoms with Crippen molar-refractivity contribution in [1.29, 1.82) is 0 Å². The first-order valence-corrected chi connectivity index (χ1v) is 7.65. The lowest BCUT2D eigenvalue weighted by atomic mass is 10.1. The summed E-state index contributed by atoms with van der Waals surface area (Å²) >= 11 is 6.07. The van der Waals surface area contributed by atoms with Crippen LogP contribution in [0.1, 0.15) is 39.2 Å². The standard InChI is InChI=1S/C18H16ClNO4/c1-12(15-4-2-3-5-16(15)19)20-17(22)11-24-18(23)14-8-6-13(10-21)7-9-14/h2-10,12H,11H2,1H3,(H,20,22)/t12-/m0/s1. The van der Waals surface area contributed by atoms with E-state index in [1.54, 1.807) is 19.1 Å². The van der Waals surface area contributed by atoms with Gasteiger partial charge in [0, 0.05) is 10.6 Å². The van der Waals surface area contributed by atoms with Crippen LogP contribution in [0.5, 0.6) is 0 Å². The maximum absolute atomic E-state index is 11.9. The Morgan fingerprint density at radius 2 is 1.83 bits per heavy atom. The number of amides is 1. The zero-order valence-electron chi connectivity index (χ0n) is 13.0. The maximum Gasteiger partial charge on any atom is 0.338 e. The fourth-order valence-electron chi connectivity index (χ4n) is 2.10. The van der Waals surface area contributed by atoms with E-state index in [-0.39, 0.29) is 11.6 Å². The van der Waals surface area contributed by atoms with Crippen LogP contribution >= 0.6 is 11.6 Å². The Labute approximate surface area is 144 Å². The summed E-state index contributed by atoms with van der Waals surface area (Å²) in [7, 11) is 0. The Morgan fingerprint density at radius 1 is 1.17 bits per heavy atom. The zero-order chi connectivity index (χ0) is 17.5. The summed E-state index contributed by atoms with van der Waals surface area (Å²) in [5.41, 5.74) is 1.51. The first-order chi connectivity index (χ1) is 11.5. The second kappa shape index (κ2) is 8.26. The van der Waals surface area contributed by atoms with Crippen molar-refractivity contribution in [2.45, 2.75) is 13.0 Å². The molecule has 0 aromatic heterocycles. The average molecular weight is 346 g/mol. The van der Waals surface area contributed by atoms with Crippen molar-refractivity contribution in [2.24, 2.45) is 0 Å². The van der Waals surface area contributed by atoms with Gasteiger partial charge in [-0.25, -0.2) is 4.79 Å². The van der Waals surface area contributed by atoms with Crippen LogP contribution in [0.15, 0.2) is 48.5 Å². The van der Waals surface area contributed by atoms with E-state index >= 15 is 0 Å². The smallest absolute Gasteiger partial charge is 0.338 e. The lowest BCUT2D eigenvalue weighted by Gasteiger charge is -2.15. The molecule has 2 aromatic rings. The van der Waals surface area contributed by atoms with Crippen molar-refractivity contribution in [3.05, 3.63) is 70.2 Å². The molecule has 0 aliphatic heterocycles. The molecule has 6 heteroatoms. The van der Waals surface area contributed by atoms with Crippen molar-refractivity contribution in [3.63, 3.8) is 0 Å². The van der Waals surface area contributed by atoms with Gasteiger partial charge in [-0.3, -0.25) is 9.59 Å². The number of rotatable bonds is 6. The number of hydrogen-bond donors (Lipinski definition) is 1. The van der Waals surface area contributed by atoms with E-state index in [0.717, 1.165) is 5.56 Å². The van der Waals surface area contributed by atoms with Gasteiger partial charge in [-0.15, -0.1) is 0 Å². The van der Waals surface area contributed by atoms with Gasteiger partial charge in [0.2, 0.25) is 0 Å². The number of aldehydes is 1. The minimum absolute atomic E-state index is 0.271. The summed E-state index contributed by atoms with van der Waals surface area (Å²) in [5.74, 6) is -1.06. The maximum atomic E-state index is 11.9. The van der Waals surface area contributed by atoms with Gasteiger partial charge in [-0.1, -0.05) is 41.9 Å². The number of carbonyl (C=O) groups is 3. The number of hydrogen-bond acceptors (Lipinski definition) is 4. The fraction of sp³-hybridized carbons (Fsp3) is 0.167. The topological polar surface area (TPSA) is 72.5 Å². The molecule has 5 nitrogen and oxygen atoms in total. The summed E-state index contributed by atoms with van der Waals surface area (Å²) < 4.78 is 4.96. The Kier molecular flexibility index (Phi) is 6.09. The monoisotopic (exact) mass is 345 g/mol. The number of nitrogens with one attached hydrogen (secondary N) is 1. The molecular weight excluding hydrogens is 330 g/mol. The van der Waals surface area contributed by atoms with E-state index in [9.17, 15) is 14.4 Å². The minimum Gasteiger partial charge on any atom is -0.452 e. The Morgan fingerprint density at radius 3 is 2.46 bits per heavy atom. The third-order valence-electron chi connectivity index (χ3n) is 3.37. The summed E-state index contributed by atoms with van der Waals surface area (Å²) in [4.78, 5) is 34.3. The van der Waals surface area contributed by atoms with Crippen LogP contribution in [-0.2, 0) is 9.53 Å². The van der Waals surface area contributed by atoms with Gasteiger partial charge >= 0.3 is 5.97 Å². The van der Waals surface area contributed by atoms with Gasteiger partial charge in [0.1, 0.15) is 6.29 Å². The highest BCUT2D eigenvalue weighted by Gasteiger charge is 2.14. The minimum atomic E-state index is -0.631. The molecule has 1 atom stereocenters. The molecule has 0 heterocycles. The van der Waals surface area contributed by atoms with E-state index < -0.39 is 18.5 Å². The van der Waals surface area contributed by atoms with Gasteiger partial charge in [-0.2, -0.15) is 0 Å². The zero-order valence-corrected chi connectivity index (χ0v) is 13.7. The molecule has 1 amide bonds. The molecular formula is C18H16ClNO4. The van der Waals surface area contributed by atoms with Crippen LogP contribution in [0, 0.1) is 0 Å². The van der Waals surface area contributed by atoms with E-state index in [1.807, 2.05) is 12.1 Å². The summed E-state index contributed by atoms with van der Waals surface area (Å²) in [6.07, 6.45) is 0.679. The van der Waals surface area contributed by atoms with E-state index in [2.05, 4.69) is 5.32 Å². The SMILES string of the molecule is C[C@H](NC(=O)COC(=O)c1ccc(C=O)cc1)c1ccccc1Cl. The van der Waals surface area contributed by atoms with Crippen LogP contribution in [0.2, 0.25) is 5.02 Å². The highest BCUT2D eigenvalue weighted by Crippen LogP contribution is 2.21. The normalized spacial score (nSPS) is 11.4. The molecule has 0 spiro atoms. The fourth-order valence-corrected chi connectivity index (χ4v) is 2.40. The quantitative estimate of drug-likeness (QED) is 0.644. The molecule has 2 rings (SSSR count). The molecule has 0 saturated heterocycles. The Hall–Kier alpha value is -2.66. The molecule has 0 aliphatic carbocycles. The molecule has 24 heavy (non-hydrogen) atoms. The van der Waals surface area contributed by atoms with Gasteiger partial charge in [0.05, 0.1) is 11.6 Å². The van der Waals surface area contributed by atoms with E-state index in [0.29, 0.717) is 16.9 Å². The van der Waals surface area contributed by atoms with Gasteiger partial charge in [0.25, 0.3) is 5.91 Å². The highest BCUT2D eigenvalue weighted by molar-refractivity contribution is 6.31. The molecule has 0 aliphatic rings. The third-order valence-corrected chi connectivity index (χ3v) is 3.71. The molecule has 0 fully saturated rings. The van der Waals surface area contributed by atoms with Gasteiger partial charge in [-0.05, 0) is 30.7 Å². The van der Waals surface area contributed by atoms with Crippen LogP contribution in [-0.4, -0.2) is 24.8 Å². The predicted octanol–water partition coefficient (Wildman–Crippen LogP) is 3.19. The van der Waals surface area contributed by atoms with Crippen LogP contribution in [0.25, 0.3) is 0 Å². The highest BCUT2D eigenvalue weighted by atomic mass is 35.5. The lowest BCUT2D eigenvalue weighted by molar-refractivity contribution is -0.124. The molecule has 0 radical (unpaired) electrons. The molecule has 0 saturated carbocycles. The summed E-state index contributed by atoms with van der Waals surface area (Å²) in [5, 5.41) is 3.27. The summed E-state index contributed by atoms with van der Waals surface area (Å²) in [6, 6.07) is 12.8. The number of esters is 1. The second-order valence-corrected chi connectivity index (χ2v) is 5.53. The van der Waals surface area contributed by atoms with Crippen molar-refractivity contribution in [1.82, 2.24) is 5.32 Å². The van der Waals surface area contributed by atoms with E-state index in [1.165, 1.54) is 24.3 Å². The van der Waals surface area contributed by atoms with Crippen molar-refractivity contribution in [3.8, 4) is 0 Å². The van der Waals surface area contributed by atoms with Crippen molar-refractivity contribution in [2.75, 3.05) is 6.61 Å². The van der Waals surface area contributed by atoms with Crippen molar-refractivity contribution < 1.29 is 19.1 Å². The molecule has 1 N–H and O–H groups in total. The molecule has 124 valence electrons. The van der Waals surface area contributed by atoms with Crippen LogP contribution in [0.3, 0.4) is 0 Å². The van der Waals surface area contributed by atoms with Gasteiger partial charge in [0.15, 0.2) is 6.61 Å². The van der Waals surface area contributed by atoms with Crippen molar-refractivity contribution >= 4 is 29.8 Å². The Bertz CT molecular complexity index is 743. The van der Waals surface area contributed by atoms with Crippen LogP contribution in [0.4, 0.5) is 0 Å². The first kappa shape index (κ1) is 17.7. The largest absolute Gasteiger partial charge is 0.452 e.